The molecule has 1 aromatic carbocycles. The van der Waals surface area contributed by atoms with E-state index in [9.17, 15) is 4.79 Å². The molecular weight excluding hydrogens is 408 g/mol. The Balaban J connectivity index is 0.000000460. The molecule has 1 unspecified atom stereocenters. The molecule has 1 aromatic rings. The molecule has 2 N–H and O–H groups in total. The highest BCUT2D eigenvalue weighted by atomic mass is 16.5. The number of nitrogens with zero attached hydrogens (tertiary/aromatic N) is 1. The third-order valence-electron chi connectivity index (χ3n) is 6.74. The minimum atomic E-state index is 0.0918. The van der Waals surface area contributed by atoms with Crippen molar-refractivity contribution >= 4 is 5.91 Å². The summed E-state index contributed by atoms with van der Waals surface area (Å²) in [6, 6.07) is 6.33. The monoisotopic (exact) mass is 453 g/mol. The van der Waals surface area contributed by atoms with E-state index in [1.165, 1.54) is 56.1 Å². The second kappa shape index (κ2) is 17.1. The normalized spacial score (nSPS) is 21.7. The van der Waals surface area contributed by atoms with Crippen LogP contribution in [-0.4, -0.2) is 43.6 Å². The average molecular weight is 454 g/mol. The van der Waals surface area contributed by atoms with Crippen molar-refractivity contribution in [3.8, 4) is 31.4 Å². The summed E-state index contributed by atoms with van der Waals surface area (Å²) < 4.78 is 5.91. The summed E-state index contributed by atoms with van der Waals surface area (Å²) in [5.74, 6) is 1.71. The number of quaternary nitrogens is 1. The first kappa shape index (κ1) is 28.6. The second-order valence-electron chi connectivity index (χ2n) is 8.91. The van der Waals surface area contributed by atoms with Gasteiger partial charge in [0, 0.05) is 18.7 Å². The van der Waals surface area contributed by atoms with Gasteiger partial charge < -0.3 is 15.0 Å². The van der Waals surface area contributed by atoms with Crippen molar-refractivity contribution in [3.05, 3.63) is 29.3 Å². The zero-order valence-electron chi connectivity index (χ0n) is 20.9. The van der Waals surface area contributed by atoms with Crippen LogP contribution in [-0.2, 0) is 4.79 Å². The topological polar surface area (TPSA) is 46.1 Å². The van der Waals surface area contributed by atoms with E-state index in [0.29, 0.717) is 12.5 Å². The predicted octanol–water partition coefficient (Wildman–Crippen LogP) is 4.52. The molecule has 33 heavy (non-hydrogen) atoms. The zero-order valence-corrected chi connectivity index (χ0v) is 20.9. The Bertz CT molecular complexity index is 697. The maximum atomic E-state index is 13.0. The van der Waals surface area contributed by atoms with Gasteiger partial charge in [0.1, 0.15) is 5.75 Å². The van der Waals surface area contributed by atoms with Crippen LogP contribution >= 0.6 is 0 Å². The molecule has 182 valence electrons. The minimum absolute atomic E-state index is 0.0918. The second-order valence-corrected chi connectivity index (χ2v) is 8.91. The third kappa shape index (κ3) is 8.79. The van der Waals surface area contributed by atoms with Gasteiger partial charge in [0.2, 0.25) is 5.91 Å². The van der Waals surface area contributed by atoms with Crippen LogP contribution in [0.15, 0.2) is 18.2 Å². The number of terminal acetylenes is 2. The minimum Gasteiger partial charge on any atom is -0.493 e. The van der Waals surface area contributed by atoms with Crippen molar-refractivity contribution in [1.29, 1.82) is 0 Å². The molecule has 2 aliphatic heterocycles. The molecule has 0 bridgehead atoms. The third-order valence-corrected chi connectivity index (χ3v) is 6.74. The average Bonchev–Trinajstić information content (AvgIpc) is 3.39. The molecule has 4 rings (SSSR count). The Hall–Kier alpha value is -2.43. The first-order chi connectivity index (χ1) is 16.2. The lowest BCUT2D eigenvalue weighted by Crippen LogP contribution is -2.81. The van der Waals surface area contributed by atoms with E-state index >= 15 is 0 Å². The number of likely N-dealkylation sites (tertiary alicyclic amines) is 1. The smallest absolute Gasteiger partial charge is 0.232 e. The van der Waals surface area contributed by atoms with Crippen LogP contribution in [0.2, 0.25) is 0 Å². The number of benzene rings is 1. The van der Waals surface area contributed by atoms with Gasteiger partial charge >= 0.3 is 0 Å². The van der Waals surface area contributed by atoms with Crippen molar-refractivity contribution < 1.29 is 14.8 Å². The number of ether oxygens (including phenoxy) is 1. The highest BCUT2D eigenvalue weighted by Gasteiger charge is 2.41. The summed E-state index contributed by atoms with van der Waals surface area (Å²) in [4.78, 5) is 15.1. The molecule has 4 nitrogen and oxygen atoms in total. The molecular formula is C29H45N2O2+. The highest BCUT2D eigenvalue weighted by molar-refractivity contribution is 5.80. The molecule has 2 atom stereocenters. The molecule has 1 aliphatic carbocycles. The van der Waals surface area contributed by atoms with E-state index in [1.54, 1.807) is 0 Å². The molecule has 0 radical (unpaired) electrons. The highest BCUT2D eigenvalue weighted by Crippen LogP contribution is 2.36. The first-order valence-electron chi connectivity index (χ1n) is 12.7. The van der Waals surface area contributed by atoms with Crippen molar-refractivity contribution in [1.82, 2.24) is 4.90 Å². The molecule has 0 spiro atoms. The molecule has 0 aromatic heterocycles. The van der Waals surface area contributed by atoms with Crippen LogP contribution in [0, 0.1) is 38.5 Å². The van der Waals surface area contributed by atoms with E-state index in [1.807, 2.05) is 6.92 Å². The maximum absolute atomic E-state index is 13.0. The van der Waals surface area contributed by atoms with Gasteiger partial charge in [0.15, 0.2) is 0 Å². The number of carbonyl (C=O) groups excluding carboxylic acids is 1. The maximum Gasteiger partial charge on any atom is 0.232 e. The number of para-hydroxylation sites is 1. The summed E-state index contributed by atoms with van der Waals surface area (Å²) in [6.45, 7) is 8.54. The van der Waals surface area contributed by atoms with E-state index in [0.717, 1.165) is 44.8 Å². The number of rotatable bonds is 4. The standard InChI is InChI=1S/C19H28N2O2.C6H12.2C2H2/c1-3-23-18-14(2)8-7-9-15(18)16-12-20-13-17(16)19(22)21-10-5-4-6-11-21;1-2-4-6-5-3-1;2*1-2/h7-9,16-17,20H,3-6,10-13H2,1-2H3;1-6H2;2*1-2H/p+1/t16-,17?;;;/m0.../s1. The number of aryl methyl sites for hydroxylation is 1. The fourth-order valence-corrected chi connectivity index (χ4v) is 5.12. The van der Waals surface area contributed by atoms with Crippen LogP contribution in [0.3, 0.4) is 0 Å². The van der Waals surface area contributed by atoms with Crippen LogP contribution in [0.4, 0.5) is 0 Å². The van der Waals surface area contributed by atoms with Gasteiger partial charge in [0.25, 0.3) is 0 Å². The Labute approximate surface area is 202 Å². The number of carbonyl (C=O) groups is 1. The van der Waals surface area contributed by atoms with Gasteiger partial charge in [0.05, 0.1) is 31.5 Å². The first-order valence-corrected chi connectivity index (χ1v) is 12.7. The number of amides is 1. The SMILES string of the molecule is C#C.C#C.C1CCCCC1.CCOc1c(C)cccc1[C@@H]1C[NH2+]CC1C(=O)N1CCCCC1. The van der Waals surface area contributed by atoms with E-state index < -0.39 is 0 Å². The number of nitrogens with two attached hydrogens (primary N) is 1. The number of hydrogen-bond acceptors (Lipinski definition) is 2. The summed E-state index contributed by atoms with van der Waals surface area (Å²) in [7, 11) is 0. The van der Waals surface area contributed by atoms with Crippen LogP contribution in [0.1, 0.15) is 81.8 Å². The predicted molar refractivity (Wildman–Crippen MR) is 138 cm³/mol. The largest absolute Gasteiger partial charge is 0.493 e. The lowest BCUT2D eigenvalue weighted by Gasteiger charge is -2.30. The summed E-state index contributed by atoms with van der Waals surface area (Å²) >= 11 is 0. The fraction of sp³-hybridized carbons (Fsp3) is 0.621. The van der Waals surface area contributed by atoms with Crippen molar-refractivity contribution in [2.24, 2.45) is 5.92 Å². The van der Waals surface area contributed by atoms with Crippen molar-refractivity contribution in [2.75, 3.05) is 32.8 Å². The van der Waals surface area contributed by atoms with E-state index in [4.69, 9.17) is 4.74 Å². The fourth-order valence-electron chi connectivity index (χ4n) is 5.12. The molecule has 1 saturated carbocycles. The molecule has 2 heterocycles. The van der Waals surface area contributed by atoms with E-state index in [2.05, 4.69) is 61.0 Å². The van der Waals surface area contributed by atoms with Gasteiger partial charge in [-0.05, 0) is 38.7 Å². The number of hydrogen-bond donors (Lipinski definition) is 1. The van der Waals surface area contributed by atoms with Gasteiger partial charge in [-0.15, -0.1) is 25.7 Å². The number of piperidine rings is 1. The Morgan fingerprint density at radius 1 is 0.939 bits per heavy atom. The molecule has 4 heteroatoms. The van der Waals surface area contributed by atoms with E-state index in [-0.39, 0.29) is 11.8 Å². The Kier molecular flexibility index (Phi) is 14.8. The lowest BCUT2D eigenvalue weighted by atomic mass is 9.86. The quantitative estimate of drug-likeness (QED) is 0.681. The van der Waals surface area contributed by atoms with Gasteiger partial charge in [-0.2, -0.15) is 0 Å². The lowest BCUT2D eigenvalue weighted by molar-refractivity contribution is -0.638. The Morgan fingerprint density at radius 2 is 1.48 bits per heavy atom. The summed E-state index contributed by atoms with van der Waals surface area (Å²) in [5, 5.41) is 2.29. The molecule has 2 saturated heterocycles. The van der Waals surface area contributed by atoms with Gasteiger partial charge in [-0.3, -0.25) is 4.79 Å². The van der Waals surface area contributed by atoms with Gasteiger partial charge in [-0.1, -0.05) is 56.7 Å². The zero-order chi connectivity index (χ0) is 24.5. The molecule has 3 fully saturated rings. The van der Waals surface area contributed by atoms with Crippen molar-refractivity contribution in [3.63, 3.8) is 0 Å². The molecule has 1 amide bonds. The van der Waals surface area contributed by atoms with Crippen LogP contribution in [0.25, 0.3) is 0 Å². The van der Waals surface area contributed by atoms with Crippen LogP contribution in [0.5, 0.6) is 5.75 Å². The summed E-state index contributed by atoms with van der Waals surface area (Å²) in [6.07, 6.45) is 28.6. The van der Waals surface area contributed by atoms with Crippen LogP contribution < -0.4 is 10.1 Å². The molecule has 3 aliphatic rings. The van der Waals surface area contributed by atoms with Crippen molar-refractivity contribution in [2.45, 2.75) is 77.6 Å². The van der Waals surface area contributed by atoms with Gasteiger partial charge in [-0.25, -0.2) is 0 Å². The Morgan fingerprint density at radius 3 is 2.03 bits per heavy atom. The summed E-state index contributed by atoms with van der Waals surface area (Å²) in [5.41, 5.74) is 2.39.